The lowest BCUT2D eigenvalue weighted by molar-refractivity contribution is -0.258. The maximum atomic E-state index is 10.6. The number of aliphatic carboxylic acids is 1. The fourth-order valence-electron chi connectivity index (χ4n) is 1.27. The third kappa shape index (κ3) is 2.34. The summed E-state index contributed by atoms with van der Waals surface area (Å²) in [5.74, 6) is -2.18. The van der Waals surface area contributed by atoms with Crippen molar-refractivity contribution < 1.29 is 20.1 Å². The standard InChI is InChI=1S/C7H13NO4S/c1-5(6(9)10)8-2-3-13-4-7(8,11)12/h5,11-12H,2-4H2,1H3,(H,9,10). The van der Waals surface area contributed by atoms with E-state index in [9.17, 15) is 15.0 Å². The van der Waals surface area contributed by atoms with Crippen LogP contribution in [0.25, 0.3) is 0 Å². The summed E-state index contributed by atoms with van der Waals surface area (Å²) in [6.07, 6.45) is 0. The molecule has 13 heavy (non-hydrogen) atoms. The Hall–Kier alpha value is -0.300. The Morgan fingerprint density at radius 1 is 1.62 bits per heavy atom. The first-order valence-electron chi connectivity index (χ1n) is 3.97. The molecule has 1 unspecified atom stereocenters. The molecule has 0 aromatic carbocycles. The van der Waals surface area contributed by atoms with Crippen LogP contribution in [0.2, 0.25) is 0 Å². The summed E-state index contributed by atoms with van der Waals surface area (Å²) in [5.41, 5.74) is 0. The molecule has 1 saturated heterocycles. The molecule has 1 heterocycles. The Morgan fingerprint density at radius 3 is 2.69 bits per heavy atom. The summed E-state index contributed by atoms with van der Waals surface area (Å²) in [6, 6.07) is -0.865. The van der Waals surface area contributed by atoms with Crippen LogP contribution in [0, 0.1) is 0 Å². The molecule has 0 bridgehead atoms. The molecule has 0 amide bonds. The van der Waals surface area contributed by atoms with Crippen molar-refractivity contribution in [2.24, 2.45) is 0 Å². The van der Waals surface area contributed by atoms with Crippen molar-refractivity contribution in [2.75, 3.05) is 18.1 Å². The number of carboxylic acids is 1. The Balaban J connectivity index is 2.70. The molecule has 0 aliphatic carbocycles. The topological polar surface area (TPSA) is 81.0 Å². The van der Waals surface area contributed by atoms with Gasteiger partial charge in [-0.3, -0.25) is 4.79 Å². The molecule has 6 heteroatoms. The van der Waals surface area contributed by atoms with Gasteiger partial charge in [-0.25, -0.2) is 4.90 Å². The molecule has 1 aliphatic rings. The third-order valence-corrected chi connectivity index (χ3v) is 3.12. The second kappa shape index (κ2) is 3.83. The molecule has 0 aromatic rings. The van der Waals surface area contributed by atoms with Crippen molar-refractivity contribution in [1.82, 2.24) is 4.90 Å². The van der Waals surface area contributed by atoms with Gasteiger partial charge in [0.15, 0.2) is 0 Å². The summed E-state index contributed by atoms with van der Waals surface area (Å²) >= 11 is 1.40. The normalized spacial score (nSPS) is 25.5. The van der Waals surface area contributed by atoms with Crippen LogP contribution in [0.1, 0.15) is 6.92 Å². The maximum absolute atomic E-state index is 10.6. The zero-order valence-electron chi connectivity index (χ0n) is 7.30. The van der Waals surface area contributed by atoms with Gasteiger partial charge in [-0.2, -0.15) is 11.8 Å². The average Bonchev–Trinajstić information content (AvgIpc) is 2.02. The van der Waals surface area contributed by atoms with Crippen LogP contribution in [0.15, 0.2) is 0 Å². The van der Waals surface area contributed by atoms with Crippen LogP contribution in [0.5, 0.6) is 0 Å². The molecule has 1 atom stereocenters. The van der Waals surface area contributed by atoms with E-state index in [0.29, 0.717) is 6.54 Å². The lowest BCUT2D eigenvalue weighted by Crippen LogP contribution is -2.59. The summed E-state index contributed by atoms with van der Waals surface area (Å²) in [4.78, 5) is 11.8. The molecule has 0 saturated carbocycles. The molecule has 0 spiro atoms. The van der Waals surface area contributed by atoms with Crippen molar-refractivity contribution in [3.63, 3.8) is 0 Å². The van der Waals surface area contributed by atoms with Gasteiger partial charge in [0.25, 0.3) is 0 Å². The average molecular weight is 207 g/mol. The van der Waals surface area contributed by atoms with Gasteiger partial charge >= 0.3 is 5.97 Å². The first kappa shape index (κ1) is 10.8. The van der Waals surface area contributed by atoms with Gasteiger partial charge < -0.3 is 15.3 Å². The first-order valence-corrected chi connectivity index (χ1v) is 5.12. The minimum absolute atomic E-state index is 0.130. The zero-order chi connectivity index (χ0) is 10.1. The molecular formula is C7H13NO4S. The van der Waals surface area contributed by atoms with Gasteiger partial charge in [-0.15, -0.1) is 0 Å². The molecule has 0 aromatic heterocycles. The van der Waals surface area contributed by atoms with Crippen molar-refractivity contribution in [3.8, 4) is 0 Å². The molecular weight excluding hydrogens is 194 g/mol. The van der Waals surface area contributed by atoms with E-state index in [-0.39, 0.29) is 5.75 Å². The molecule has 0 radical (unpaired) electrons. The maximum Gasteiger partial charge on any atom is 0.320 e. The fourth-order valence-corrected chi connectivity index (χ4v) is 2.18. The van der Waals surface area contributed by atoms with E-state index in [0.717, 1.165) is 5.75 Å². The highest BCUT2D eigenvalue weighted by molar-refractivity contribution is 7.99. The predicted molar refractivity (Wildman–Crippen MR) is 48.3 cm³/mol. The first-order chi connectivity index (χ1) is 5.95. The van der Waals surface area contributed by atoms with Gasteiger partial charge in [0.2, 0.25) is 5.91 Å². The van der Waals surface area contributed by atoms with Crippen LogP contribution in [-0.4, -0.2) is 56.2 Å². The molecule has 5 nitrogen and oxygen atoms in total. The molecule has 1 aliphatic heterocycles. The molecule has 1 rings (SSSR count). The zero-order valence-corrected chi connectivity index (χ0v) is 8.12. The summed E-state index contributed by atoms with van der Waals surface area (Å²) < 4.78 is 0. The van der Waals surface area contributed by atoms with Gasteiger partial charge in [0.1, 0.15) is 6.04 Å². The number of thioether (sulfide) groups is 1. The van der Waals surface area contributed by atoms with Gasteiger partial charge in [-0.05, 0) is 6.92 Å². The Labute approximate surface area is 80.4 Å². The molecule has 1 fully saturated rings. The molecule has 3 N–H and O–H groups in total. The third-order valence-electron chi connectivity index (χ3n) is 2.06. The van der Waals surface area contributed by atoms with Crippen molar-refractivity contribution in [3.05, 3.63) is 0 Å². The SMILES string of the molecule is CC(C(=O)O)N1CCSCC1(O)O. The number of hydrogen-bond acceptors (Lipinski definition) is 5. The predicted octanol–water partition coefficient (Wildman–Crippen LogP) is -0.853. The number of nitrogens with zero attached hydrogens (tertiary/aromatic N) is 1. The van der Waals surface area contributed by atoms with Crippen LogP contribution >= 0.6 is 11.8 Å². The monoisotopic (exact) mass is 207 g/mol. The lowest BCUT2D eigenvalue weighted by Gasteiger charge is -2.40. The largest absolute Gasteiger partial charge is 0.480 e. The highest BCUT2D eigenvalue weighted by atomic mass is 32.2. The van der Waals surface area contributed by atoms with E-state index in [1.54, 1.807) is 0 Å². The quantitative estimate of drug-likeness (QED) is 0.512. The van der Waals surface area contributed by atoms with Gasteiger partial charge in [-0.1, -0.05) is 0 Å². The minimum atomic E-state index is -1.99. The Kier molecular flexibility index (Phi) is 3.18. The van der Waals surface area contributed by atoms with Crippen LogP contribution in [-0.2, 0) is 4.79 Å². The fraction of sp³-hybridized carbons (Fsp3) is 0.857. The van der Waals surface area contributed by atoms with E-state index >= 15 is 0 Å². The van der Waals surface area contributed by atoms with E-state index in [2.05, 4.69) is 0 Å². The van der Waals surface area contributed by atoms with Crippen LogP contribution in [0.4, 0.5) is 0 Å². The number of aliphatic hydroxyl groups is 2. The highest BCUT2D eigenvalue weighted by Gasteiger charge is 2.40. The van der Waals surface area contributed by atoms with Gasteiger partial charge in [0, 0.05) is 12.3 Å². The second-order valence-electron chi connectivity index (χ2n) is 3.03. The minimum Gasteiger partial charge on any atom is -0.480 e. The summed E-state index contributed by atoms with van der Waals surface area (Å²) in [5, 5.41) is 27.6. The number of carbonyl (C=O) groups is 1. The second-order valence-corrected chi connectivity index (χ2v) is 4.14. The van der Waals surface area contributed by atoms with E-state index in [1.807, 2.05) is 0 Å². The van der Waals surface area contributed by atoms with Crippen molar-refractivity contribution >= 4 is 17.7 Å². The lowest BCUT2D eigenvalue weighted by atomic mass is 10.2. The van der Waals surface area contributed by atoms with Crippen LogP contribution in [0.3, 0.4) is 0 Å². The number of rotatable bonds is 2. The Morgan fingerprint density at radius 2 is 2.23 bits per heavy atom. The van der Waals surface area contributed by atoms with Crippen molar-refractivity contribution in [1.29, 1.82) is 0 Å². The number of carboxylic acid groups (broad SMARTS) is 1. The summed E-state index contributed by atoms with van der Waals surface area (Å²) in [6.45, 7) is 1.82. The van der Waals surface area contributed by atoms with E-state index in [1.165, 1.54) is 23.6 Å². The number of hydrogen-bond donors (Lipinski definition) is 3. The van der Waals surface area contributed by atoms with Crippen LogP contribution < -0.4 is 0 Å². The van der Waals surface area contributed by atoms with Crippen molar-refractivity contribution in [2.45, 2.75) is 18.9 Å². The highest BCUT2D eigenvalue weighted by Crippen LogP contribution is 2.24. The summed E-state index contributed by atoms with van der Waals surface area (Å²) in [7, 11) is 0. The molecule has 76 valence electrons. The smallest absolute Gasteiger partial charge is 0.320 e. The van der Waals surface area contributed by atoms with E-state index in [4.69, 9.17) is 5.11 Å². The Bertz CT molecular complexity index is 209. The van der Waals surface area contributed by atoms with Gasteiger partial charge in [0.05, 0.1) is 5.75 Å². The van der Waals surface area contributed by atoms with E-state index < -0.39 is 17.9 Å².